The van der Waals surface area contributed by atoms with E-state index < -0.39 is 0 Å². The molecule has 0 saturated heterocycles. The summed E-state index contributed by atoms with van der Waals surface area (Å²) in [6, 6.07) is 18.6. The maximum Gasteiger partial charge on any atom is 0.0645 e. The second kappa shape index (κ2) is 4.49. The van der Waals surface area contributed by atoms with Crippen molar-refractivity contribution in [1.82, 2.24) is 9.78 Å². The fourth-order valence-electron chi connectivity index (χ4n) is 1.94. The first-order valence-corrected chi connectivity index (χ1v) is 6.00. The van der Waals surface area contributed by atoms with Crippen LogP contribution in [0.25, 0.3) is 16.8 Å². The van der Waals surface area contributed by atoms with Crippen LogP contribution in [0.5, 0.6) is 0 Å². The molecule has 0 unspecified atom stereocenters. The van der Waals surface area contributed by atoms with Crippen molar-refractivity contribution in [2.24, 2.45) is 0 Å². The highest BCUT2D eigenvalue weighted by atomic mass is 15.3. The summed E-state index contributed by atoms with van der Waals surface area (Å²) >= 11 is 0. The Morgan fingerprint density at radius 3 is 2.28 bits per heavy atom. The molecule has 0 bridgehead atoms. The molecule has 18 heavy (non-hydrogen) atoms. The molecule has 1 aromatic heterocycles. The SMILES string of the molecule is Cc1ccc(-n2cc(-c3ccccc3)cn2)cc1. The van der Waals surface area contributed by atoms with E-state index in [1.807, 2.05) is 29.1 Å². The van der Waals surface area contributed by atoms with Gasteiger partial charge in [0.2, 0.25) is 0 Å². The van der Waals surface area contributed by atoms with Crippen molar-refractivity contribution in [2.45, 2.75) is 6.92 Å². The molecule has 1 heterocycles. The Balaban J connectivity index is 1.97. The zero-order chi connectivity index (χ0) is 12.4. The molecule has 0 amide bonds. The van der Waals surface area contributed by atoms with Crippen LogP contribution in [0.3, 0.4) is 0 Å². The molecule has 3 aromatic rings. The van der Waals surface area contributed by atoms with E-state index >= 15 is 0 Å². The van der Waals surface area contributed by atoms with Crippen LogP contribution in [-0.4, -0.2) is 9.78 Å². The predicted molar refractivity (Wildman–Crippen MR) is 73.7 cm³/mol. The number of hydrogen-bond donors (Lipinski definition) is 0. The summed E-state index contributed by atoms with van der Waals surface area (Å²) in [7, 11) is 0. The maximum absolute atomic E-state index is 4.41. The minimum Gasteiger partial charge on any atom is -0.240 e. The number of benzene rings is 2. The topological polar surface area (TPSA) is 17.8 Å². The van der Waals surface area contributed by atoms with Gasteiger partial charge in [0.25, 0.3) is 0 Å². The van der Waals surface area contributed by atoms with Crippen LogP contribution < -0.4 is 0 Å². The van der Waals surface area contributed by atoms with Gasteiger partial charge < -0.3 is 0 Å². The van der Waals surface area contributed by atoms with Crippen molar-refractivity contribution in [3.05, 3.63) is 72.6 Å². The zero-order valence-corrected chi connectivity index (χ0v) is 10.2. The number of aromatic nitrogens is 2. The van der Waals surface area contributed by atoms with Crippen LogP contribution in [0, 0.1) is 6.92 Å². The number of aryl methyl sites for hydroxylation is 1. The largest absolute Gasteiger partial charge is 0.240 e. The summed E-state index contributed by atoms with van der Waals surface area (Å²) in [5.74, 6) is 0. The number of rotatable bonds is 2. The minimum atomic E-state index is 1.09. The predicted octanol–water partition coefficient (Wildman–Crippen LogP) is 3.85. The lowest BCUT2D eigenvalue weighted by atomic mass is 10.1. The molecule has 0 aliphatic heterocycles. The van der Waals surface area contributed by atoms with E-state index in [-0.39, 0.29) is 0 Å². The van der Waals surface area contributed by atoms with E-state index in [4.69, 9.17) is 0 Å². The summed E-state index contributed by atoms with van der Waals surface area (Å²) in [4.78, 5) is 0. The van der Waals surface area contributed by atoms with Gasteiger partial charge in [-0.3, -0.25) is 0 Å². The molecule has 2 aromatic carbocycles. The van der Waals surface area contributed by atoms with E-state index in [1.54, 1.807) is 0 Å². The van der Waals surface area contributed by atoms with Crippen molar-refractivity contribution >= 4 is 0 Å². The van der Waals surface area contributed by atoms with Gasteiger partial charge in [0.15, 0.2) is 0 Å². The summed E-state index contributed by atoms with van der Waals surface area (Å²) in [5, 5.41) is 4.41. The molecular formula is C16H14N2. The Bertz CT molecular complexity index is 636. The first kappa shape index (κ1) is 10.8. The first-order valence-electron chi connectivity index (χ1n) is 6.00. The molecule has 0 fully saturated rings. The lowest BCUT2D eigenvalue weighted by molar-refractivity contribution is 0.880. The molecule has 0 atom stereocenters. The highest BCUT2D eigenvalue weighted by molar-refractivity contribution is 5.61. The molecule has 0 N–H and O–H groups in total. The zero-order valence-electron chi connectivity index (χ0n) is 10.2. The van der Waals surface area contributed by atoms with Crippen molar-refractivity contribution in [3.63, 3.8) is 0 Å². The monoisotopic (exact) mass is 234 g/mol. The van der Waals surface area contributed by atoms with Gasteiger partial charge in [-0.25, -0.2) is 4.68 Å². The highest BCUT2D eigenvalue weighted by Gasteiger charge is 2.02. The summed E-state index contributed by atoms with van der Waals surface area (Å²) in [6.45, 7) is 2.09. The van der Waals surface area contributed by atoms with Crippen LogP contribution in [0.4, 0.5) is 0 Å². The Morgan fingerprint density at radius 1 is 0.833 bits per heavy atom. The van der Waals surface area contributed by atoms with E-state index in [2.05, 4.69) is 54.6 Å². The van der Waals surface area contributed by atoms with Crippen molar-refractivity contribution in [1.29, 1.82) is 0 Å². The average molecular weight is 234 g/mol. The lowest BCUT2D eigenvalue weighted by Gasteiger charge is -2.01. The van der Waals surface area contributed by atoms with E-state index in [9.17, 15) is 0 Å². The van der Waals surface area contributed by atoms with Crippen molar-refractivity contribution < 1.29 is 0 Å². The molecular weight excluding hydrogens is 220 g/mol. The molecule has 0 spiro atoms. The lowest BCUT2D eigenvalue weighted by Crippen LogP contribution is -1.93. The van der Waals surface area contributed by atoms with Crippen molar-refractivity contribution in [3.8, 4) is 16.8 Å². The third-order valence-electron chi connectivity index (χ3n) is 2.99. The Morgan fingerprint density at radius 2 is 1.56 bits per heavy atom. The van der Waals surface area contributed by atoms with Gasteiger partial charge >= 0.3 is 0 Å². The summed E-state index contributed by atoms with van der Waals surface area (Å²) < 4.78 is 1.90. The van der Waals surface area contributed by atoms with Crippen LogP contribution in [0.1, 0.15) is 5.56 Å². The Kier molecular flexibility index (Phi) is 2.69. The molecule has 3 rings (SSSR count). The van der Waals surface area contributed by atoms with Crippen LogP contribution in [0.2, 0.25) is 0 Å². The standard InChI is InChI=1S/C16H14N2/c1-13-7-9-16(10-8-13)18-12-15(11-17-18)14-5-3-2-4-6-14/h2-12H,1H3. The van der Waals surface area contributed by atoms with Crippen molar-refractivity contribution in [2.75, 3.05) is 0 Å². The van der Waals surface area contributed by atoms with Gasteiger partial charge in [-0.15, -0.1) is 0 Å². The van der Waals surface area contributed by atoms with Gasteiger partial charge in [0.1, 0.15) is 0 Å². The molecule has 0 aliphatic rings. The fraction of sp³-hybridized carbons (Fsp3) is 0.0625. The number of nitrogens with zero attached hydrogens (tertiary/aromatic N) is 2. The second-order valence-electron chi connectivity index (χ2n) is 4.38. The summed E-state index contributed by atoms with van der Waals surface area (Å²) in [6.07, 6.45) is 3.95. The molecule has 2 nitrogen and oxygen atoms in total. The van der Waals surface area contributed by atoms with E-state index in [1.165, 1.54) is 11.1 Å². The molecule has 88 valence electrons. The molecule has 2 heteroatoms. The fourth-order valence-corrected chi connectivity index (χ4v) is 1.94. The molecule has 0 saturated carbocycles. The van der Waals surface area contributed by atoms with Gasteiger partial charge in [-0.2, -0.15) is 5.10 Å². The number of hydrogen-bond acceptors (Lipinski definition) is 1. The normalized spacial score (nSPS) is 10.5. The first-order chi connectivity index (χ1) is 8.83. The molecule has 0 radical (unpaired) electrons. The van der Waals surface area contributed by atoms with Crippen LogP contribution in [0.15, 0.2) is 67.0 Å². The minimum absolute atomic E-state index is 1.09. The van der Waals surface area contributed by atoms with Gasteiger partial charge in [0, 0.05) is 11.8 Å². The van der Waals surface area contributed by atoms with Gasteiger partial charge in [0.05, 0.1) is 11.9 Å². The Hall–Kier alpha value is -2.35. The average Bonchev–Trinajstić information content (AvgIpc) is 2.90. The third-order valence-corrected chi connectivity index (χ3v) is 2.99. The van der Waals surface area contributed by atoms with E-state index in [0.29, 0.717) is 0 Å². The maximum atomic E-state index is 4.41. The summed E-state index contributed by atoms with van der Waals surface area (Å²) in [5.41, 5.74) is 4.67. The van der Waals surface area contributed by atoms with Gasteiger partial charge in [-0.1, -0.05) is 48.0 Å². The Labute approximate surface area is 107 Å². The third kappa shape index (κ3) is 2.05. The van der Waals surface area contributed by atoms with Crippen LogP contribution in [-0.2, 0) is 0 Å². The second-order valence-corrected chi connectivity index (χ2v) is 4.38. The highest BCUT2D eigenvalue weighted by Crippen LogP contribution is 2.19. The molecule has 0 aliphatic carbocycles. The quantitative estimate of drug-likeness (QED) is 0.658. The van der Waals surface area contributed by atoms with Gasteiger partial charge in [-0.05, 0) is 24.6 Å². The smallest absolute Gasteiger partial charge is 0.0645 e. The van der Waals surface area contributed by atoms with E-state index in [0.717, 1.165) is 11.3 Å². The van der Waals surface area contributed by atoms with Crippen LogP contribution >= 0.6 is 0 Å².